The van der Waals surface area contributed by atoms with Crippen LogP contribution >= 0.6 is 0 Å². The first-order chi connectivity index (χ1) is 13.0. The maximum atomic E-state index is 12.4. The maximum absolute atomic E-state index is 12.4. The topological polar surface area (TPSA) is 96.5 Å². The summed E-state index contributed by atoms with van der Waals surface area (Å²) in [7, 11) is 0. The monoisotopic (exact) mass is 374 g/mol. The summed E-state index contributed by atoms with van der Waals surface area (Å²) in [5.41, 5.74) is 2.40. The number of aryl methyl sites for hydroxylation is 3. The highest BCUT2D eigenvalue weighted by Crippen LogP contribution is 2.13. The Morgan fingerprint density at radius 1 is 1.22 bits per heavy atom. The number of carboxylic acid groups (broad SMARTS) is 1. The molecule has 9 nitrogen and oxygen atoms in total. The van der Waals surface area contributed by atoms with Crippen LogP contribution in [0.2, 0.25) is 0 Å². The van der Waals surface area contributed by atoms with Gasteiger partial charge in [-0.2, -0.15) is 10.2 Å². The maximum Gasteiger partial charge on any atom is 0.354 e. The number of carboxylic acids is 1. The second-order valence-electron chi connectivity index (χ2n) is 6.75. The SMILES string of the molecule is CCn1cc(CN2CCN(C(=O)CCn3nccc3C(=O)O)CC2)c(C)n1. The molecule has 1 saturated heterocycles. The standard InChI is InChI=1S/C18H26N6O3/c1-3-23-13-15(14(2)20-23)12-21-8-10-22(11-9-21)17(25)5-7-24-16(18(26)27)4-6-19-24/h4,6,13H,3,5,7-12H2,1-2H3,(H,26,27). The Hall–Kier alpha value is -2.68. The zero-order valence-corrected chi connectivity index (χ0v) is 15.8. The van der Waals surface area contributed by atoms with Crippen molar-refractivity contribution in [1.82, 2.24) is 29.4 Å². The van der Waals surface area contributed by atoms with E-state index in [1.807, 2.05) is 16.5 Å². The molecule has 1 amide bonds. The van der Waals surface area contributed by atoms with Gasteiger partial charge in [0.2, 0.25) is 5.91 Å². The molecule has 27 heavy (non-hydrogen) atoms. The highest BCUT2D eigenvalue weighted by Gasteiger charge is 2.22. The third-order valence-electron chi connectivity index (χ3n) is 4.96. The summed E-state index contributed by atoms with van der Waals surface area (Å²) in [5, 5.41) is 17.5. The van der Waals surface area contributed by atoms with Gasteiger partial charge in [-0.15, -0.1) is 0 Å². The highest BCUT2D eigenvalue weighted by atomic mass is 16.4. The van der Waals surface area contributed by atoms with E-state index < -0.39 is 5.97 Å². The van der Waals surface area contributed by atoms with E-state index in [0.29, 0.717) is 13.1 Å². The zero-order chi connectivity index (χ0) is 19.4. The first-order valence-corrected chi connectivity index (χ1v) is 9.26. The second kappa shape index (κ2) is 8.34. The Labute approximate surface area is 158 Å². The van der Waals surface area contributed by atoms with Gasteiger partial charge in [-0.1, -0.05) is 0 Å². The fourth-order valence-corrected chi connectivity index (χ4v) is 3.32. The van der Waals surface area contributed by atoms with Crippen LogP contribution in [0.5, 0.6) is 0 Å². The summed E-state index contributed by atoms with van der Waals surface area (Å²) in [6, 6.07) is 1.44. The number of amides is 1. The van der Waals surface area contributed by atoms with Crippen LogP contribution in [0.15, 0.2) is 18.5 Å². The molecule has 1 aliphatic heterocycles. The number of nitrogens with zero attached hydrogens (tertiary/aromatic N) is 6. The lowest BCUT2D eigenvalue weighted by Gasteiger charge is -2.34. The Morgan fingerprint density at radius 3 is 2.59 bits per heavy atom. The van der Waals surface area contributed by atoms with Gasteiger partial charge in [0.1, 0.15) is 5.69 Å². The number of aromatic carboxylic acids is 1. The van der Waals surface area contributed by atoms with Crippen LogP contribution in [0.25, 0.3) is 0 Å². The van der Waals surface area contributed by atoms with Crippen molar-refractivity contribution in [2.24, 2.45) is 0 Å². The molecule has 146 valence electrons. The Morgan fingerprint density at radius 2 is 1.96 bits per heavy atom. The van der Waals surface area contributed by atoms with E-state index >= 15 is 0 Å². The summed E-state index contributed by atoms with van der Waals surface area (Å²) in [6.45, 7) is 9.12. The lowest BCUT2D eigenvalue weighted by Crippen LogP contribution is -2.48. The fourth-order valence-electron chi connectivity index (χ4n) is 3.32. The molecule has 1 N–H and O–H groups in total. The predicted molar refractivity (Wildman–Crippen MR) is 98.3 cm³/mol. The van der Waals surface area contributed by atoms with Gasteiger partial charge in [0, 0.05) is 63.6 Å². The van der Waals surface area contributed by atoms with Crippen LogP contribution in [0, 0.1) is 6.92 Å². The van der Waals surface area contributed by atoms with Crippen molar-refractivity contribution in [1.29, 1.82) is 0 Å². The molecule has 0 unspecified atom stereocenters. The molecule has 9 heteroatoms. The third kappa shape index (κ3) is 4.54. The zero-order valence-electron chi connectivity index (χ0n) is 15.8. The summed E-state index contributed by atoms with van der Waals surface area (Å²) in [6.07, 6.45) is 3.79. The number of piperazine rings is 1. The van der Waals surface area contributed by atoms with Gasteiger partial charge in [-0.3, -0.25) is 19.1 Å². The third-order valence-corrected chi connectivity index (χ3v) is 4.96. The lowest BCUT2D eigenvalue weighted by molar-refractivity contribution is -0.133. The molecule has 0 saturated carbocycles. The van der Waals surface area contributed by atoms with Crippen LogP contribution in [0.1, 0.15) is 35.1 Å². The quantitative estimate of drug-likeness (QED) is 0.771. The molecular weight excluding hydrogens is 348 g/mol. The summed E-state index contributed by atoms with van der Waals surface area (Å²) < 4.78 is 3.32. The Bertz CT molecular complexity index is 804. The van der Waals surface area contributed by atoms with E-state index in [1.165, 1.54) is 22.5 Å². The van der Waals surface area contributed by atoms with Crippen LogP contribution < -0.4 is 0 Å². The molecule has 0 atom stereocenters. The first kappa shape index (κ1) is 19.1. The van der Waals surface area contributed by atoms with Crippen molar-refractivity contribution in [3.8, 4) is 0 Å². The number of carbonyl (C=O) groups excluding carboxylic acids is 1. The Balaban J connectivity index is 1.47. The molecular formula is C18H26N6O3. The predicted octanol–water partition coefficient (Wildman–Crippen LogP) is 0.841. The van der Waals surface area contributed by atoms with Crippen molar-refractivity contribution in [3.63, 3.8) is 0 Å². The molecule has 0 aromatic carbocycles. The molecule has 0 bridgehead atoms. The minimum atomic E-state index is -1.03. The number of hydrogen-bond donors (Lipinski definition) is 1. The average molecular weight is 374 g/mol. The molecule has 0 radical (unpaired) electrons. The van der Waals surface area contributed by atoms with Gasteiger partial charge in [0.15, 0.2) is 0 Å². The van der Waals surface area contributed by atoms with Crippen LogP contribution in [0.3, 0.4) is 0 Å². The average Bonchev–Trinajstić information content (AvgIpc) is 3.27. The van der Waals surface area contributed by atoms with E-state index in [9.17, 15) is 9.59 Å². The van der Waals surface area contributed by atoms with Gasteiger partial charge >= 0.3 is 5.97 Å². The van der Waals surface area contributed by atoms with Gasteiger partial charge in [-0.05, 0) is 19.9 Å². The van der Waals surface area contributed by atoms with Crippen molar-refractivity contribution in [2.75, 3.05) is 26.2 Å². The lowest BCUT2D eigenvalue weighted by atomic mass is 10.2. The smallest absolute Gasteiger partial charge is 0.354 e. The number of carbonyl (C=O) groups is 2. The van der Waals surface area contributed by atoms with Gasteiger partial charge in [0.25, 0.3) is 0 Å². The first-order valence-electron chi connectivity index (χ1n) is 9.26. The minimum absolute atomic E-state index is 0.0384. The molecule has 0 spiro atoms. The summed E-state index contributed by atoms with van der Waals surface area (Å²) >= 11 is 0. The minimum Gasteiger partial charge on any atom is -0.477 e. The van der Waals surface area contributed by atoms with E-state index in [2.05, 4.69) is 28.2 Å². The van der Waals surface area contributed by atoms with Gasteiger partial charge in [-0.25, -0.2) is 4.79 Å². The molecule has 3 heterocycles. The molecule has 2 aromatic heterocycles. The Kier molecular flexibility index (Phi) is 5.90. The van der Waals surface area contributed by atoms with Gasteiger partial charge in [0.05, 0.1) is 12.2 Å². The van der Waals surface area contributed by atoms with Crippen LogP contribution in [-0.2, 0) is 24.4 Å². The van der Waals surface area contributed by atoms with Crippen LogP contribution in [0.4, 0.5) is 0 Å². The number of aromatic nitrogens is 4. The largest absolute Gasteiger partial charge is 0.477 e. The molecule has 2 aromatic rings. The molecule has 1 aliphatic rings. The fraction of sp³-hybridized carbons (Fsp3) is 0.556. The van der Waals surface area contributed by atoms with Gasteiger partial charge < -0.3 is 10.0 Å². The highest BCUT2D eigenvalue weighted by molar-refractivity contribution is 5.85. The van der Waals surface area contributed by atoms with Crippen LogP contribution in [-0.4, -0.2) is 72.5 Å². The van der Waals surface area contributed by atoms with E-state index in [4.69, 9.17) is 5.11 Å². The normalized spacial score (nSPS) is 15.3. The van der Waals surface area contributed by atoms with E-state index in [0.717, 1.165) is 31.9 Å². The number of hydrogen-bond acceptors (Lipinski definition) is 5. The summed E-state index contributed by atoms with van der Waals surface area (Å²) in [4.78, 5) is 27.7. The summed E-state index contributed by atoms with van der Waals surface area (Å²) in [5.74, 6) is -0.994. The van der Waals surface area contributed by atoms with Crippen molar-refractivity contribution >= 4 is 11.9 Å². The van der Waals surface area contributed by atoms with E-state index in [1.54, 1.807) is 0 Å². The van der Waals surface area contributed by atoms with Crippen molar-refractivity contribution < 1.29 is 14.7 Å². The molecule has 0 aliphatic carbocycles. The van der Waals surface area contributed by atoms with Crippen molar-refractivity contribution in [3.05, 3.63) is 35.4 Å². The number of rotatable bonds is 7. The molecule has 1 fully saturated rings. The van der Waals surface area contributed by atoms with E-state index in [-0.39, 0.29) is 24.6 Å². The van der Waals surface area contributed by atoms with Crippen molar-refractivity contribution in [2.45, 2.75) is 39.9 Å². The molecule has 3 rings (SSSR count). The second-order valence-corrected chi connectivity index (χ2v) is 6.75.